The molecule has 1 aromatic heterocycles. The summed E-state index contributed by atoms with van der Waals surface area (Å²) in [7, 11) is 1.75. The second kappa shape index (κ2) is 5.65. The zero-order valence-corrected chi connectivity index (χ0v) is 10.1. The highest BCUT2D eigenvalue weighted by Gasteiger charge is 2.20. The fourth-order valence-corrected chi connectivity index (χ4v) is 2.28. The lowest BCUT2D eigenvalue weighted by atomic mass is 9.99. The molecule has 0 saturated carbocycles. The maximum Gasteiger partial charge on any atom is 0.128 e. The number of nitrogens with zero attached hydrogens (tertiary/aromatic N) is 3. The van der Waals surface area contributed by atoms with Gasteiger partial charge in [-0.05, 0) is 30.9 Å². The van der Waals surface area contributed by atoms with Gasteiger partial charge >= 0.3 is 0 Å². The van der Waals surface area contributed by atoms with E-state index < -0.39 is 0 Å². The molecule has 1 aliphatic rings. The second-order valence-corrected chi connectivity index (χ2v) is 4.43. The fourth-order valence-electron chi connectivity index (χ4n) is 2.28. The first-order valence-electron chi connectivity index (χ1n) is 5.93. The Morgan fingerprint density at radius 3 is 3.12 bits per heavy atom. The van der Waals surface area contributed by atoms with Crippen molar-refractivity contribution < 1.29 is 4.74 Å². The van der Waals surface area contributed by atoms with Crippen LogP contribution >= 0.6 is 0 Å². The molecule has 0 aromatic carbocycles. The zero-order chi connectivity index (χ0) is 12.1. The van der Waals surface area contributed by atoms with Gasteiger partial charge in [-0.2, -0.15) is 5.26 Å². The quantitative estimate of drug-likeness (QED) is 0.796. The van der Waals surface area contributed by atoms with Crippen LogP contribution in [0, 0.1) is 17.2 Å². The average Bonchev–Trinajstić information content (AvgIpc) is 2.40. The number of pyridine rings is 1. The van der Waals surface area contributed by atoms with Crippen LogP contribution < -0.4 is 4.90 Å². The van der Waals surface area contributed by atoms with Gasteiger partial charge in [-0.3, -0.25) is 0 Å². The van der Waals surface area contributed by atoms with E-state index in [0.717, 1.165) is 25.5 Å². The monoisotopic (exact) mass is 231 g/mol. The van der Waals surface area contributed by atoms with Crippen LogP contribution in [0.15, 0.2) is 18.3 Å². The molecule has 0 N–H and O–H groups in total. The van der Waals surface area contributed by atoms with E-state index >= 15 is 0 Å². The van der Waals surface area contributed by atoms with Crippen LogP contribution in [0.4, 0.5) is 5.82 Å². The van der Waals surface area contributed by atoms with E-state index in [1.165, 1.54) is 12.8 Å². The van der Waals surface area contributed by atoms with Crippen LogP contribution in [-0.2, 0) is 4.74 Å². The number of aromatic nitrogens is 1. The van der Waals surface area contributed by atoms with Gasteiger partial charge in [0.25, 0.3) is 0 Å². The minimum absolute atomic E-state index is 0.589. The highest BCUT2D eigenvalue weighted by Crippen LogP contribution is 2.21. The van der Waals surface area contributed by atoms with Gasteiger partial charge in [0.05, 0.1) is 12.2 Å². The van der Waals surface area contributed by atoms with Crippen molar-refractivity contribution in [2.75, 3.05) is 31.7 Å². The van der Waals surface area contributed by atoms with Crippen LogP contribution in [0.2, 0.25) is 0 Å². The predicted molar refractivity (Wildman–Crippen MR) is 65.8 cm³/mol. The average molecular weight is 231 g/mol. The molecular formula is C13H17N3O. The largest absolute Gasteiger partial charge is 0.384 e. The van der Waals surface area contributed by atoms with Gasteiger partial charge in [0, 0.05) is 26.4 Å². The minimum Gasteiger partial charge on any atom is -0.384 e. The molecule has 90 valence electrons. The van der Waals surface area contributed by atoms with E-state index in [-0.39, 0.29) is 0 Å². The number of methoxy groups -OCH3 is 1. The summed E-state index contributed by atoms with van der Waals surface area (Å²) in [4.78, 5) is 6.60. The van der Waals surface area contributed by atoms with Crippen molar-refractivity contribution in [2.24, 2.45) is 5.92 Å². The molecule has 1 aromatic rings. The molecule has 0 spiro atoms. The Kier molecular flexibility index (Phi) is 3.94. The Bertz CT molecular complexity index is 394. The van der Waals surface area contributed by atoms with Gasteiger partial charge in [-0.15, -0.1) is 0 Å². The van der Waals surface area contributed by atoms with Crippen LogP contribution in [-0.4, -0.2) is 31.8 Å². The molecule has 0 aliphatic carbocycles. The summed E-state index contributed by atoms with van der Waals surface area (Å²) in [6, 6.07) is 5.83. The van der Waals surface area contributed by atoms with Gasteiger partial charge in [0.2, 0.25) is 0 Å². The molecule has 1 unspecified atom stereocenters. The molecule has 1 saturated heterocycles. The van der Waals surface area contributed by atoms with Gasteiger partial charge in [0.15, 0.2) is 0 Å². The molecule has 4 heteroatoms. The molecule has 0 radical (unpaired) electrons. The lowest BCUT2D eigenvalue weighted by Gasteiger charge is -2.33. The standard InChI is InChI=1S/C13H17N3O/c1-17-10-12-3-2-6-16(9-12)13-5-4-11(7-14)8-15-13/h4-5,8,12H,2-3,6,9-10H2,1H3. The number of hydrogen-bond donors (Lipinski definition) is 0. The number of rotatable bonds is 3. The third kappa shape index (κ3) is 2.95. The first-order chi connectivity index (χ1) is 8.33. The number of ether oxygens (including phenoxy) is 1. The molecule has 0 bridgehead atoms. The van der Waals surface area contributed by atoms with Crippen molar-refractivity contribution in [2.45, 2.75) is 12.8 Å². The maximum atomic E-state index is 8.73. The summed E-state index contributed by atoms with van der Waals surface area (Å²) in [6.45, 7) is 2.85. The Hall–Kier alpha value is -1.60. The van der Waals surface area contributed by atoms with Gasteiger partial charge in [0.1, 0.15) is 11.9 Å². The van der Waals surface area contributed by atoms with Crippen molar-refractivity contribution >= 4 is 5.82 Å². The highest BCUT2D eigenvalue weighted by molar-refractivity contribution is 5.42. The van der Waals surface area contributed by atoms with E-state index in [0.29, 0.717) is 11.5 Å². The lowest BCUT2D eigenvalue weighted by molar-refractivity contribution is 0.143. The lowest BCUT2D eigenvalue weighted by Crippen LogP contribution is -2.37. The van der Waals surface area contributed by atoms with Crippen LogP contribution in [0.1, 0.15) is 18.4 Å². The minimum atomic E-state index is 0.589. The first kappa shape index (κ1) is 11.9. The molecule has 0 amide bonds. The molecule has 4 nitrogen and oxygen atoms in total. The van der Waals surface area contributed by atoms with Crippen molar-refractivity contribution in [3.8, 4) is 6.07 Å². The van der Waals surface area contributed by atoms with E-state index in [1.54, 1.807) is 13.3 Å². The van der Waals surface area contributed by atoms with Gasteiger partial charge < -0.3 is 9.64 Å². The van der Waals surface area contributed by atoms with Crippen molar-refractivity contribution in [1.29, 1.82) is 5.26 Å². The number of hydrogen-bond acceptors (Lipinski definition) is 4. The second-order valence-electron chi connectivity index (χ2n) is 4.43. The molecule has 1 aliphatic heterocycles. The summed E-state index contributed by atoms with van der Waals surface area (Å²) < 4.78 is 5.21. The SMILES string of the molecule is COCC1CCCN(c2ccc(C#N)cn2)C1. The number of piperidine rings is 1. The van der Waals surface area contributed by atoms with Gasteiger partial charge in [-0.25, -0.2) is 4.98 Å². The maximum absolute atomic E-state index is 8.73. The third-order valence-electron chi connectivity index (χ3n) is 3.12. The molecule has 1 fully saturated rings. The van der Waals surface area contributed by atoms with Crippen molar-refractivity contribution in [3.63, 3.8) is 0 Å². The van der Waals surface area contributed by atoms with Crippen molar-refractivity contribution in [1.82, 2.24) is 4.98 Å². The normalized spacial score (nSPS) is 20.0. The molecular weight excluding hydrogens is 214 g/mol. The third-order valence-corrected chi connectivity index (χ3v) is 3.12. The molecule has 17 heavy (non-hydrogen) atoms. The Labute approximate surface area is 102 Å². The summed E-state index contributed by atoms with van der Waals surface area (Å²) in [5.74, 6) is 1.55. The summed E-state index contributed by atoms with van der Waals surface area (Å²) in [5, 5.41) is 8.73. The van der Waals surface area contributed by atoms with E-state index in [4.69, 9.17) is 10.00 Å². The van der Waals surface area contributed by atoms with E-state index in [9.17, 15) is 0 Å². The predicted octanol–water partition coefficient (Wildman–Crippen LogP) is 1.82. The summed E-state index contributed by atoms with van der Waals surface area (Å²) in [5.41, 5.74) is 0.610. The zero-order valence-electron chi connectivity index (χ0n) is 10.1. The molecule has 2 heterocycles. The van der Waals surface area contributed by atoms with Crippen LogP contribution in [0.5, 0.6) is 0 Å². The first-order valence-corrected chi connectivity index (χ1v) is 5.93. The van der Waals surface area contributed by atoms with E-state index in [1.807, 2.05) is 12.1 Å². The molecule has 2 rings (SSSR count). The summed E-state index contributed by atoms with van der Waals surface area (Å²) >= 11 is 0. The Morgan fingerprint density at radius 1 is 1.59 bits per heavy atom. The molecule has 1 atom stereocenters. The topological polar surface area (TPSA) is 49.1 Å². The van der Waals surface area contributed by atoms with Crippen LogP contribution in [0.3, 0.4) is 0 Å². The highest BCUT2D eigenvalue weighted by atomic mass is 16.5. The fraction of sp³-hybridized carbons (Fsp3) is 0.538. The number of anilines is 1. The van der Waals surface area contributed by atoms with Crippen LogP contribution in [0.25, 0.3) is 0 Å². The Balaban J connectivity index is 2.03. The Morgan fingerprint density at radius 2 is 2.47 bits per heavy atom. The van der Waals surface area contributed by atoms with E-state index in [2.05, 4.69) is 16.0 Å². The summed E-state index contributed by atoms with van der Waals surface area (Å²) in [6.07, 6.45) is 4.03. The van der Waals surface area contributed by atoms with Crippen molar-refractivity contribution in [3.05, 3.63) is 23.9 Å². The van der Waals surface area contributed by atoms with Gasteiger partial charge in [-0.1, -0.05) is 0 Å². The smallest absolute Gasteiger partial charge is 0.128 e. The number of nitriles is 1.